The van der Waals surface area contributed by atoms with Gasteiger partial charge in [-0.25, -0.2) is 9.78 Å². The van der Waals surface area contributed by atoms with Crippen LogP contribution in [0.5, 0.6) is 5.75 Å². The number of aryl methyl sites for hydroxylation is 1. The second kappa shape index (κ2) is 21.6. The van der Waals surface area contributed by atoms with Crippen molar-refractivity contribution in [2.24, 2.45) is 0 Å². The van der Waals surface area contributed by atoms with Crippen LogP contribution in [0.4, 0.5) is 18.0 Å². The SMILES string of the molecule is CNCCCn1cc(-c2ccc(OC(F)(F)F)cc2)c2cc(CN3CCN(Cc4c(Cl)cccc4Cl)CC3)cnc21.O=CC1(NC(=O)OCC2c3ccccc3-c3ccccc32)CCNCC1. The topological polar surface area (TPSA) is 113 Å². The van der Waals surface area contributed by atoms with Crippen molar-refractivity contribution in [2.45, 2.75) is 56.7 Å². The summed E-state index contributed by atoms with van der Waals surface area (Å²) in [7, 11) is 1.92. The van der Waals surface area contributed by atoms with E-state index < -0.39 is 18.0 Å². The van der Waals surface area contributed by atoms with Crippen molar-refractivity contribution < 1.29 is 32.2 Å². The fourth-order valence-electron chi connectivity index (χ4n) is 9.22. The van der Waals surface area contributed by atoms with E-state index in [9.17, 15) is 22.8 Å². The standard InChI is InChI=1S/C30H32Cl2F3N5O.C21H22N2O3/c1-36-10-3-11-40-20-25(22-6-8-23(9-7-22)41-30(33,34)35)24-16-21(17-37-29(24)40)18-38-12-14-39(15-13-38)19-26-27(31)4-2-5-28(26)32;24-14-21(9-11-22-12-10-21)23-20(25)26-13-19-17-7-3-1-5-15(17)16-6-2-4-8-18(16)19/h2,4-9,16-17,20,36H,3,10-15,18-19H2,1H3;1-8,14,19,22H,9-13H2,(H,23,25). The first kappa shape index (κ1) is 48.0. The molecule has 0 bridgehead atoms. The molecule has 11 nitrogen and oxygen atoms in total. The number of nitrogens with one attached hydrogen (secondary N) is 3. The summed E-state index contributed by atoms with van der Waals surface area (Å²) >= 11 is 12.8. The van der Waals surface area contributed by atoms with Gasteiger partial charge in [0, 0.05) is 90.7 Å². The molecule has 1 amide bonds. The van der Waals surface area contributed by atoms with E-state index in [2.05, 4.69) is 65.4 Å². The maximum Gasteiger partial charge on any atom is 0.573 e. The van der Waals surface area contributed by atoms with Gasteiger partial charge in [0.1, 0.15) is 29.8 Å². The lowest BCUT2D eigenvalue weighted by atomic mass is 9.90. The summed E-state index contributed by atoms with van der Waals surface area (Å²) in [5, 5.41) is 11.5. The summed E-state index contributed by atoms with van der Waals surface area (Å²) in [6.07, 6.45) is 1.64. The van der Waals surface area contributed by atoms with Crippen LogP contribution in [0.15, 0.2) is 109 Å². The molecular weight excluding hydrogens is 903 g/mol. The molecular formula is C51H54Cl2F3N7O4. The summed E-state index contributed by atoms with van der Waals surface area (Å²) < 4.78 is 49.7. The number of hydrogen-bond acceptors (Lipinski definition) is 9. The molecule has 9 rings (SSSR count). The van der Waals surface area contributed by atoms with E-state index in [0.29, 0.717) is 36.0 Å². The zero-order chi connectivity index (χ0) is 47.0. The van der Waals surface area contributed by atoms with Crippen molar-refractivity contribution in [1.82, 2.24) is 35.3 Å². The molecule has 4 aromatic carbocycles. The van der Waals surface area contributed by atoms with Gasteiger partial charge in [0.05, 0.1) is 0 Å². The van der Waals surface area contributed by atoms with Gasteiger partial charge in [-0.15, -0.1) is 13.2 Å². The molecule has 0 saturated carbocycles. The molecule has 4 heterocycles. The lowest BCUT2D eigenvalue weighted by molar-refractivity contribution is -0.274. The third-order valence-corrected chi connectivity index (χ3v) is 13.4. The van der Waals surface area contributed by atoms with E-state index in [1.54, 1.807) is 12.1 Å². The minimum atomic E-state index is -4.73. The molecule has 2 fully saturated rings. The smallest absolute Gasteiger partial charge is 0.449 e. The normalized spacial score (nSPS) is 16.1. The predicted octanol–water partition coefficient (Wildman–Crippen LogP) is 9.68. The number of alkyl halides is 3. The van der Waals surface area contributed by atoms with Crippen LogP contribution in [0, 0.1) is 0 Å². The molecule has 3 N–H and O–H groups in total. The first-order chi connectivity index (χ1) is 32.4. The van der Waals surface area contributed by atoms with Crippen LogP contribution >= 0.6 is 23.2 Å². The Bertz CT molecular complexity index is 2580. The number of piperidine rings is 1. The number of piperazine rings is 1. The third kappa shape index (κ3) is 11.8. The summed E-state index contributed by atoms with van der Waals surface area (Å²) in [4.78, 5) is 33.4. The van der Waals surface area contributed by atoms with Crippen molar-refractivity contribution in [3.05, 3.63) is 142 Å². The quantitative estimate of drug-likeness (QED) is 0.0726. The number of rotatable bonds is 14. The molecule has 0 radical (unpaired) electrons. The van der Waals surface area contributed by atoms with E-state index in [0.717, 1.165) is 98.4 Å². The Kier molecular flexibility index (Phi) is 15.5. The van der Waals surface area contributed by atoms with E-state index in [4.69, 9.17) is 32.9 Å². The van der Waals surface area contributed by atoms with Gasteiger partial charge in [-0.2, -0.15) is 0 Å². The number of carbonyl (C=O) groups excluding carboxylic acids is 2. The lowest BCUT2D eigenvalue weighted by Gasteiger charge is -2.35. The largest absolute Gasteiger partial charge is 0.573 e. The van der Waals surface area contributed by atoms with Crippen LogP contribution in [0.2, 0.25) is 10.0 Å². The number of aldehydes is 1. The summed E-state index contributed by atoms with van der Waals surface area (Å²) in [6, 6.07) is 30.2. The number of aromatic nitrogens is 2. The first-order valence-electron chi connectivity index (χ1n) is 22.6. The molecule has 2 aliphatic heterocycles. The third-order valence-electron chi connectivity index (χ3n) is 12.7. The highest BCUT2D eigenvalue weighted by molar-refractivity contribution is 6.36. The van der Waals surface area contributed by atoms with Crippen molar-refractivity contribution in [3.63, 3.8) is 0 Å². The lowest BCUT2D eigenvalue weighted by Crippen LogP contribution is -2.55. The van der Waals surface area contributed by atoms with E-state index in [1.807, 2.05) is 61.9 Å². The minimum Gasteiger partial charge on any atom is -0.449 e. The first-order valence-corrected chi connectivity index (χ1v) is 23.3. The van der Waals surface area contributed by atoms with Crippen molar-refractivity contribution in [2.75, 3.05) is 59.5 Å². The number of halogens is 5. The van der Waals surface area contributed by atoms with Crippen molar-refractivity contribution in [1.29, 1.82) is 0 Å². The monoisotopic (exact) mass is 955 g/mol. The van der Waals surface area contributed by atoms with E-state index in [1.165, 1.54) is 34.4 Å². The van der Waals surface area contributed by atoms with Gasteiger partial charge in [-0.05, 0) is 110 Å². The molecule has 3 aliphatic rings. The molecule has 0 spiro atoms. The summed E-state index contributed by atoms with van der Waals surface area (Å²) in [5.41, 5.74) is 8.57. The van der Waals surface area contributed by atoms with Crippen molar-refractivity contribution in [3.8, 4) is 28.0 Å². The molecule has 6 aromatic rings. The van der Waals surface area contributed by atoms with Crippen LogP contribution in [-0.2, 0) is 29.2 Å². The zero-order valence-corrected chi connectivity index (χ0v) is 38.8. The van der Waals surface area contributed by atoms with Crippen LogP contribution in [-0.4, -0.2) is 103 Å². The number of pyridine rings is 1. The number of carbonyl (C=O) groups is 2. The molecule has 352 valence electrons. The predicted molar refractivity (Wildman–Crippen MR) is 257 cm³/mol. The van der Waals surface area contributed by atoms with Crippen LogP contribution < -0.4 is 20.7 Å². The van der Waals surface area contributed by atoms with E-state index in [-0.39, 0.29) is 18.3 Å². The van der Waals surface area contributed by atoms with Gasteiger partial charge in [-0.1, -0.05) is 89.9 Å². The molecule has 1 aliphatic carbocycles. The summed E-state index contributed by atoms with van der Waals surface area (Å²) in [6.45, 7) is 8.40. The number of nitrogens with zero attached hydrogens (tertiary/aromatic N) is 4. The Morgan fingerprint density at radius 1 is 0.866 bits per heavy atom. The maximum absolute atomic E-state index is 12.7. The molecule has 0 atom stereocenters. The fourth-order valence-corrected chi connectivity index (χ4v) is 9.73. The van der Waals surface area contributed by atoms with Gasteiger partial charge < -0.3 is 34.8 Å². The average molecular weight is 957 g/mol. The highest BCUT2D eigenvalue weighted by Crippen LogP contribution is 2.44. The molecule has 2 aromatic heterocycles. The van der Waals surface area contributed by atoms with Crippen molar-refractivity contribution >= 4 is 46.6 Å². The second-order valence-corrected chi connectivity index (χ2v) is 18.0. The number of hydrogen-bond donors (Lipinski definition) is 3. The number of ether oxygens (including phenoxy) is 2. The number of benzene rings is 4. The molecule has 16 heteroatoms. The Labute approximate surface area is 398 Å². The van der Waals surface area contributed by atoms with Crippen LogP contribution in [0.1, 0.15) is 47.4 Å². The second-order valence-electron chi connectivity index (χ2n) is 17.2. The summed E-state index contributed by atoms with van der Waals surface area (Å²) in [5.74, 6) is -0.220. The van der Waals surface area contributed by atoms with E-state index >= 15 is 0 Å². The molecule has 2 saturated heterocycles. The zero-order valence-electron chi connectivity index (χ0n) is 37.3. The van der Waals surface area contributed by atoms with Crippen LogP contribution in [0.25, 0.3) is 33.3 Å². The molecule has 0 unspecified atom stereocenters. The van der Waals surface area contributed by atoms with Gasteiger partial charge in [0.15, 0.2) is 0 Å². The molecule has 67 heavy (non-hydrogen) atoms. The minimum absolute atomic E-state index is 0.0216. The maximum atomic E-state index is 12.7. The average Bonchev–Trinajstić information content (AvgIpc) is 3.85. The number of alkyl carbamates (subject to hydrolysis) is 1. The Hall–Kier alpha value is -5.48. The van der Waals surface area contributed by atoms with Gasteiger partial charge in [0.25, 0.3) is 0 Å². The van der Waals surface area contributed by atoms with Crippen LogP contribution in [0.3, 0.4) is 0 Å². The number of fused-ring (bicyclic) bond motifs is 4. The highest BCUT2D eigenvalue weighted by atomic mass is 35.5. The van der Waals surface area contributed by atoms with Gasteiger partial charge in [0.2, 0.25) is 0 Å². The van der Waals surface area contributed by atoms with Gasteiger partial charge in [-0.3, -0.25) is 9.80 Å². The Morgan fingerprint density at radius 2 is 1.49 bits per heavy atom. The number of amides is 1. The van der Waals surface area contributed by atoms with Gasteiger partial charge >= 0.3 is 12.5 Å². The fraction of sp³-hybridized carbons (Fsp3) is 0.353. The highest BCUT2D eigenvalue weighted by Gasteiger charge is 2.35. The Morgan fingerprint density at radius 3 is 2.10 bits per heavy atom. The Balaban J connectivity index is 0.000000200.